The van der Waals surface area contributed by atoms with E-state index >= 15 is 0 Å². The quantitative estimate of drug-likeness (QED) is 0.878. The van der Waals surface area contributed by atoms with Crippen molar-refractivity contribution in [2.75, 3.05) is 19.3 Å². The van der Waals surface area contributed by atoms with Crippen LogP contribution in [0.25, 0.3) is 0 Å². The molecule has 7 heteroatoms. The number of nitrogens with one attached hydrogen (secondary N) is 1. The van der Waals surface area contributed by atoms with E-state index in [4.69, 9.17) is 0 Å². The maximum Gasteiger partial charge on any atom is 0.226 e. The number of carbonyl (C=O) groups excluding carboxylic acids is 1. The lowest BCUT2D eigenvalue weighted by atomic mass is 10.0. The average Bonchev–Trinajstić information content (AvgIpc) is 3.33. The Hall–Kier alpha value is -1.47. The van der Waals surface area contributed by atoms with E-state index in [1.807, 2.05) is 0 Å². The van der Waals surface area contributed by atoms with Crippen LogP contribution in [0.5, 0.6) is 0 Å². The highest BCUT2D eigenvalue weighted by atomic mass is 32.2. The standard InChI is InChI=1S/C17H23FN2O3S/c1-24(22,23)19-11-12-6-4-5-9-20(12)17(21)15-10-14(15)13-7-2-3-8-16(13)18/h2-3,7-8,12,14-15,19H,4-6,9-11H2,1H3/t12-,14-,15-/m0/s1. The first-order chi connectivity index (χ1) is 11.4. The molecule has 5 nitrogen and oxygen atoms in total. The summed E-state index contributed by atoms with van der Waals surface area (Å²) < 4.78 is 39.0. The SMILES string of the molecule is CS(=O)(=O)NC[C@@H]1CCCCN1C(=O)[C@H]1C[C@H]1c1ccccc1F. The molecule has 2 fully saturated rings. The van der Waals surface area contributed by atoms with Crippen LogP contribution in [0, 0.1) is 11.7 Å². The van der Waals surface area contributed by atoms with Gasteiger partial charge in [0.15, 0.2) is 0 Å². The molecule has 1 heterocycles. The van der Waals surface area contributed by atoms with E-state index in [-0.39, 0.29) is 36.1 Å². The van der Waals surface area contributed by atoms with Crippen LogP contribution in [0.1, 0.15) is 37.2 Å². The predicted octanol–water partition coefficient (Wildman–Crippen LogP) is 1.86. The molecule has 0 spiro atoms. The lowest BCUT2D eigenvalue weighted by molar-refractivity contribution is -0.136. The number of amides is 1. The van der Waals surface area contributed by atoms with Crippen LogP contribution in [0.15, 0.2) is 24.3 Å². The largest absolute Gasteiger partial charge is 0.338 e. The number of hydrogen-bond donors (Lipinski definition) is 1. The first-order valence-corrected chi connectivity index (χ1v) is 10.3. The number of hydrogen-bond acceptors (Lipinski definition) is 3. The van der Waals surface area contributed by atoms with Gasteiger partial charge in [0.1, 0.15) is 5.82 Å². The summed E-state index contributed by atoms with van der Waals surface area (Å²) in [4.78, 5) is 14.6. The molecule has 1 aliphatic carbocycles. The minimum atomic E-state index is -3.27. The van der Waals surface area contributed by atoms with Gasteiger partial charge in [0.25, 0.3) is 0 Å². The third-order valence-corrected chi connectivity index (χ3v) is 5.59. The molecule has 3 rings (SSSR count). The number of sulfonamides is 1. The third-order valence-electron chi connectivity index (χ3n) is 4.90. The Bertz CT molecular complexity index is 722. The van der Waals surface area contributed by atoms with Crippen LogP contribution in [0.4, 0.5) is 4.39 Å². The van der Waals surface area contributed by atoms with Gasteiger partial charge in [0.05, 0.1) is 6.26 Å². The summed E-state index contributed by atoms with van der Waals surface area (Å²) in [5, 5.41) is 0. The maximum absolute atomic E-state index is 13.9. The van der Waals surface area contributed by atoms with Crippen molar-refractivity contribution in [1.29, 1.82) is 0 Å². The minimum Gasteiger partial charge on any atom is -0.338 e. The fraction of sp³-hybridized carbons (Fsp3) is 0.588. The van der Waals surface area contributed by atoms with Gasteiger partial charge in [0, 0.05) is 25.0 Å². The summed E-state index contributed by atoms with van der Waals surface area (Å²) >= 11 is 0. The number of likely N-dealkylation sites (tertiary alicyclic amines) is 1. The number of nitrogens with zero attached hydrogens (tertiary/aromatic N) is 1. The van der Waals surface area contributed by atoms with E-state index in [1.54, 1.807) is 23.1 Å². The molecule has 1 aliphatic heterocycles. The summed E-state index contributed by atoms with van der Waals surface area (Å²) in [6.45, 7) is 0.900. The molecule has 0 radical (unpaired) electrons. The molecular formula is C17H23FN2O3S. The summed E-state index contributed by atoms with van der Waals surface area (Å²) in [5.41, 5.74) is 0.610. The molecule has 1 aromatic rings. The van der Waals surface area contributed by atoms with Crippen molar-refractivity contribution in [2.24, 2.45) is 5.92 Å². The smallest absolute Gasteiger partial charge is 0.226 e. The van der Waals surface area contributed by atoms with Crippen LogP contribution in [0.2, 0.25) is 0 Å². The van der Waals surface area contributed by atoms with Gasteiger partial charge in [0.2, 0.25) is 15.9 Å². The highest BCUT2D eigenvalue weighted by Crippen LogP contribution is 2.49. The molecule has 24 heavy (non-hydrogen) atoms. The Morgan fingerprint density at radius 3 is 2.79 bits per heavy atom. The van der Waals surface area contributed by atoms with Gasteiger partial charge in [-0.3, -0.25) is 4.79 Å². The molecule has 2 aliphatic rings. The van der Waals surface area contributed by atoms with Crippen molar-refractivity contribution in [3.63, 3.8) is 0 Å². The monoisotopic (exact) mass is 354 g/mol. The average molecular weight is 354 g/mol. The van der Waals surface area contributed by atoms with E-state index in [9.17, 15) is 17.6 Å². The van der Waals surface area contributed by atoms with E-state index in [1.165, 1.54) is 6.07 Å². The molecule has 1 saturated heterocycles. The van der Waals surface area contributed by atoms with Crippen molar-refractivity contribution in [3.8, 4) is 0 Å². The van der Waals surface area contributed by atoms with Gasteiger partial charge in [-0.25, -0.2) is 17.5 Å². The van der Waals surface area contributed by atoms with Crippen molar-refractivity contribution in [1.82, 2.24) is 9.62 Å². The van der Waals surface area contributed by atoms with Crippen molar-refractivity contribution >= 4 is 15.9 Å². The molecule has 0 aromatic heterocycles. The van der Waals surface area contributed by atoms with E-state index in [2.05, 4.69) is 4.72 Å². The topological polar surface area (TPSA) is 66.5 Å². The number of halogens is 1. The van der Waals surface area contributed by atoms with Crippen LogP contribution in [0.3, 0.4) is 0 Å². The lowest BCUT2D eigenvalue weighted by Crippen LogP contribution is -2.49. The molecule has 0 unspecified atom stereocenters. The van der Waals surface area contributed by atoms with Crippen molar-refractivity contribution in [2.45, 2.75) is 37.6 Å². The highest BCUT2D eigenvalue weighted by Gasteiger charge is 2.48. The van der Waals surface area contributed by atoms with Crippen molar-refractivity contribution in [3.05, 3.63) is 35.6 Å². The Morgan fingerprint density at radius 2 is 2.08 bits per heavy atom. The number of benzene rings is 1. The Balaban J connectivity index is 1.66. The van der Waals surface area contributed by atoms with E-state index in [0.29, 0.717) is 18.5 Å². The van der Waals surface area contributed by atoms with E-state index in [0.717, 1.165) is 25.5 Å². The molecule has 1 N–H and O–H groups in total. The highest BCUT2D eigenvalue weighted by molar-refractivity contribution is 7.88. The Kier molecular flexibility index (Phi) is 4.92. The molecule has 1 saturated carbocycles. The van der Waals surface area contributed by atoms with Crippen LogP contribution in [-0.4, -0.2) is 44.6 Å². The van der Waals surface area contributed by atoms with Gasteiger partial charge in [-0.1, -0.05) is 18.2 Å². The van der Waals surface area contributed by atoms with Gasteiger partial charge < -0.3 is 4.90 Å². The van der Waals surface area contributed by atoms with E-state index < -0.39 is 10.0 Å². The summed E-state index contributed by atoms with van der Waals surface area (Å²) in [5.74, 6) is -0.458. The van der Waals surface area contributed by atoms with Crippen LogP contribution < -0.4 is 4.72 Å². The first kappa shape index (κ1) is 17.4. The molecule has 132 valence electrons. The van der Waals surface area contributed by atoms with Gasteiger partial charge in [-0.2, -0.15) is 0 Å². The Morgan fingerprint density at radius 1 is 1.33 bits per heavy atom. The predicted molar refractivity (Wildman–Crippen MR) is 89.4 cm³/mol. The second-order valence-corrected chi connectivity index (χ2v) is 8.61. The Labute approximate surface area is 142 Å². The number of piperidine rings is 1. The summed E-state index contributed by atoms with van der Waals surface area (Å²) in [7, 11) is -3.27. The minimum absolute atomic E-state index is 0.0308. The zero-order valence-electron chi connectivity index (χ0n) is 13.7. The number of carbonyl (C=O) groups is 1. The summed E-state index contributed by atoms with van der Waals surface area (Å²) in [6, 6.07) is 6.50. The normalized spacial score (nSPS) is 27.1. The molecule has 1 amide bonds. The van der Waals surface area contributed by atoms with Crippen LogP contribution in [-0.2, 0) is 14.8 Å². The van der Waals surface area contributed by atoms with Gasteiger partial charge >= 0.3 is 0 Å². The molecule has 1 aromatic carbocycles. The maximum atomic E-state index is 13.9. The van der Waals surface area contributed by atoms with Crippen molar-refractivity contribution < 1.29 is 17.6 Å². The van der Waals surface area contributed by atoms with Crippen LogP contribution >= 0.6 is 0 Å². The fourth-order valence-electron chi connectivity index (χ4n) is 3.55. The third kappa shape index (κ3) is 3.95. The lowest BCUT2D eigenvalue weighted by Gasteiger charge is -2.36. The zero-order valence-corrected chi connectivity index (χ0v) is 14.6. The zero-order chi connectivity index (χ0) is 17.3. The summed E-state index contributed by atoms with van der Waals surface area (Å²) in [6.07, 6.45) is 4.50. The van der Waals surface area contributed by atoms with Gasteiger partial charge in [-0.05, 0) is 43.2 Å². The molecular weight excluding hydrogens is 331 g/mol. The van der Waals surface area contributed by atoms with Gasteiger partial charge in [-0.15, -0.1) is 0 Å². The second kappa shape index (κ2) is 6.80. The molecule has 3 atom stereocenters. The molecule has 0 bridgehead atoms. The fourth-order valence-corrected chi connectivity index (χ4v) is 4.05. The first-order valence-electron chi connectivity index (χ1n) is 8.36. The number of rotatable bonds is 5. The second-order valence-electron chi connectivity index (χ2n) is 6.77.